The minimum atomic E-state index is -1.09. The maximum absolute atomic E-state index is 13.9. The molecule has 3 nitrogen and oxygen atoms in total. The number of benzene rings is 2. The Balaban J connectivity index is 2.35. The fourth-order valence-electron chi connectivity index (χ4n) is 2.35. The zero-order valence-corrected chi connectivity index (χ0v) is 11.4. The topological polar surface area (TPSA) is 42.1 Å². The van der Waals surface area contributed by atoms with E-state index in [1.165, 1.54) is 37.4 Å². The van der Waals surface area contributed by atoms with Crippen molar-refractivity contribution in [3.8, 4) is 11.3 Å². The summed E-state index contributed by atoms with van der Waals surface area (Å²) in [6, 6.07) is 7.51. The predicted molar refractivity (Wildman–Crippen MR) is 74.9 cm³/mol. The van der Waals surface area contributed by atoms with E-state index in [0.29, 0.717) is 5.56 Å². The standard InChI is InChI=1S/C16H10F3NO2/c1-22-16(21)12-10-6-7-11(18)13(19)15(10)20-14(12)8-2-4-9(17)5-3-8/h2-7,20H,1H3. The number of hydrogen-bond acceptors (Lipinski definition) is 2. The van der Waals surface area contributed by atoms with Crippen molar-refractivity contribution in [2.24, 2.45) is 0 Å². The first-order valence-electron chi connectivity index (χ1n) is 6.37. The van der Waals surface area contributed by atoms with Crippen molar-refractivity contribution in [1.29, 1.82) is 0 Å². The number of ether oxygens (including phenoxy) is 1. The van der Waals surface area contributed by atoms with Gasteiger partial charge in [0.15, 0.2) is 11.6 Å². The van der Waals surface area contributed by atoms with E-state index < -0.39 is 23.4 Å². The lowest BCUT2D eigenvalue weighted by Gasteiger charge is -2.03. The smallest absolute Gasteiger partial charge is 0.340 e. The van der Waals surface area contributed by atoms with Crippen LogP contribution < -0.4 is 0 Å². The van der Waals surface area contributed by atoms with Crippen molar-refractivity contribution >= 4 is 16.9 Å². The van der Waals surface area contributed by atoms with Gasteiger partial charge in [-0.2, -0.15) is 0 Å². The molecule has 1 N–H and O–H groups in total. The van der Waals surface area contributed by atoms with Crippen molar-refractivity contribution in [2.45, 2.75) is 0 Å². The zero-order valence-electron chi connectivity index (χ0n) is 11.4. The number of carbonyl (C=O) groups excluding carboxylic acids is 1. The first kappa shape index (κ1) is 14.2. The van der Waals surface area contributed by atoms with E-state index in [4.69, 9.17) is 4.74 Å². The molecule has 3 aromatic rings. The molecule has 0 fully saturated rings. The van der Waals surface area contributed by atoms with Crippen LogP contribution >= 0.6 is 0 Å². The van der Waals surface area contributed by atoms with Gasteiger partial charge in [0.25, 0.3) is 0 Å². The highest BCUT2D eigenvalue weighted by molar-refractivity contribution is 6.10. The van der Waals surface area contributed by atoms with E-state index in [1.807, 2.05) is 0 Å². The van der Waals surface area contributed by atoms with Gasteiger partial charge in [0.1, 0.15) is 5.82 Å². The molecule has 0 spiro atoms. The summed E-state index contributed by atoms with van der Waals surface area (Å²) in [4.78, 5) is 14.7. The van der Waals surface area contributed by atoms with Gasteiger partial charge in [-0.3, -0.25) is 0 Å². The molecule has 0 bridgehead atoms. The lowest BCUT2D eigenvalue weighted by molar-refractivity contribution is 0.0604. The van der Waals surface area contributed by atoms with Gasteiger partial charge in [-0.15, -0.1) is 0 Å². The molecular formula is C16H10F3NO2. The van der Waals surface area contributed by atoms with Gasteiger partial charge in [0.05, 0.1) is 23.9 Å². The predicted octanol–water partition coefficient (Wildman–Crippen LogP) is 4.04. The number of aromatic nitrogens is 1. The van der Waals surface area contributed by atoms with Gasteiger partial charge >= 0.3 is 5.97 Å². The van der Waals surface area contributed by atoms with Crippen molar-refractivity contribution in [1.82, 2.24) is 4.98 Å². The van der Waals surface area contributed by atoms with E-state index in [2.05, 4.69) is 4.98 Å². The second-order valence-electron chi connectivity index (χ2n) is 4.66. The first-order chi connectivity index (χ1) is 10.5. The Kier molecular flexibility index (Phi) is 3.36. The quantitative estimate of drug-likeness (QED) is 0.726. The van der Waals surface area contributed by atoms with Crippen molar-refractivity contribution in [3.05, 3.63) is 59.4 Å². The highest BCUT2D eigenvalue weighted by atomic mass is 19.2. The number of H-pyrrole nitrogens is 1. The van der Waals surface area contributed by atoms with Crippen LogP contribution in [-0.2, 0) is 4.74 Å². The van der Waals surface area contributed by atoms with Gasteiger partial charge in [-0.05, 0) is 42.0 Å². The third-order valence-corrected chi connectivity index (χ3v) is 3.39. The highest BCUT2D eigenvalue weighted by Gasteiger charge is 2.23. The maximum atomic E-state index is 13.9. The summed E-state index contributed by atoms with van der Waals surface area (Å²) in [5, 5.41) is 0.199. The molecule has 112 valence electrons. The summed E-state index contributed by atoms with van der Waals surface area (Å²) < 4.78 is 45.0. The molecule has 0 amide bonds. The Morgan fingerprint density at radius 3 is 2.36 bits per heavy atom. The normalized spacial score (nSPS) is 10.9. The van der Waals surface area contributed by atoms with Gasteiger partial charge in [0, 0.05) is 5.39 Å². The molecule has 0 atom stereocenters. The van der Waals surface area contributed by atoms with Crippen LogP contribution in [0, 0.1) is 17.5 Å². The Hall–Kier alpha value is -2.76. The molecule has 0 aliphatic heterocycles. The summed E-state index contributed by atoms with van der Waals surface area (Å²) >= 11 is 0. The lowest BCUT2D eigenvalue weighted by atomic mass is 10.1. The van der Waals surface area contributed by atoms with Crippen molar-refractivity contribution < 1.29 is 22.7 Å². The number of hydrogen-bond donors (Lipinski definition) is 1. The number of esters is 1. The van der Waals surface area contributed by atoms with Crippen LogP contribution in [0.2, 0.25) is 0 Å². The van der Waals surface area contributed by atoms with Crippen LogP contribution in [0.4, 0.5) is 13.2 Å². The van der Waals surface area contributed by atoms with Crippen molar-refractivity contribution in [3.63, 3.8) is 0 Å². The summed E-state index contributed by atoms with van der Waals surface area (Å²) in [5.41, 5.74) is 0.631. The molecule has 0 aliphatic rings. The van der Waals surface area contributed by atoms with Gasteiger partial charge in [-0.25, -0.2) is 18.0 Å². The van der Waals surface area contributed by atoms with Crippen LogP contribution in [0.25, 0.3) is 22.2 Å². The third kappa shape index (κ3) is 2.13. The van der Waals surface area contributed by atoms with E-state index in [-0.39, 0.29) is 22.2 Å². The largest absolute Gasteiger partial charge is 0.465 e. The number of nitrogens with one attached hydrogen (secondary N) is 1. The van der Waals surface area contributed by atoms with Crippen LogP contribution in [0.15, 0.2) is 36.4 Å². The molecule has 0 radical (unpaired) electrons. The number of fused-ring (bicyclic) bond motifs is 1. The minimum Gasteiger partial charge on any atom is -0.465 e. The van der Waals surface area contributed by atoms with E-state index in [0.717, 1.165) is 6.07 Å². The molecule has 6 heteroatoms. The molecule has 22 heavy (non-hydrogen) atoms. The molecule has 1 aromatic heterocycles. The van der Waals surface area contributed by atoms with Gasteiger partial charge in [0.2, 0.25) is 0 Å². The molecule has 0 unspecified atom stereocenters. The average molecular weight is 305 g/mol. The van der Waals surface area contributed by atoms with Gasteiger partial charge in [-0.1, -0.05) is 0 Å². The molecule has 0 saturated carbocycles. The summed E-state index contributed by atoms with van der Waals surface area (Å²) in [7, 11) is 1.19. The Labute approximate surface area is 123 Å². The second-order valence-corrected chi connectivity index (χ2v) is 4.66. The van der Waals surface area contributed by atoms with E-state index >= 15 is 0 Å². The summed E-state index contributed by atoms with van der Waals surface area (Å²) in [5.74, 6) is -3.26. The molecular weight excluding hydrogens is 295 g/mol. The van der Waals surface area contributed by atoms with Gasteiger partial charge < -0.3 is 9.72 Å². The fourth-order valence-corrected chi connectivity index (χ4v) is 2.35. The number of carbonyl (C=O) groups is 1. The second kappa shape index (κ2) is 5.22. The Morgan fingerprint density at radius 1 is 1.05 bits per heavy atom. The zero-order chi connectivity index (χ0) is 15.9. The average Bonchev–Trinajstić information content (AvgIpc) is 2.91. The molecule has 0 aliphatic carbocycles. The SMILES string of the molecule is COC(=O)c1c(-c2ccc(F)cc2)[nH]c2c(F)c(F)ccc12. The number of aromatic amines is 1. The minimum absolute atomic E-state index is 0.0722. The fraction of sp³-hybridized carbons (Fsp3) is 0.0625. The highest BCUT2D eigenvalue weighted by Crippen LogP contribution is 2.33. The first-order valence-corrected chi connectivity index (χ1v) is 6.37. The number of halogens is 3. The third-order valence-electron chi connectivity index (χ3n) is 3.39. The van der Waals surface area contributed by atoms with Crippen molar-refractivity contribution in [2.75, 3.05) is 7.11 Å². The van der Waals surface area contributed by atoms with Crippen LogP contribution in [0.1, 0.15) is 10.4 Å². The number of rotatable bonds is 2. The monoisotopic (exact) mass is 305 g/mol. The van der Waals surface area contributed by atoms with Crippen LogP contribution in [-0.4, -0.2) is 18.1 Å². The van der Waals surface area contributed by atoms with Crippen LogP contribution in [0.5, 0.6) is 0 Å². The molecule has 3 rings (SSSR count). The summed E-state index contributed by atoms with van der Waals surface area (Å²) in [6.07, 6.45) is 0. The molecule has 0 saturated heterocycles. The van der Waals surface area contributed by atoms with Crippen LogP contribution in [0.3, 0.4) is 0 Å². The Bertz CT molecular complexity index is 869. The molecule has 2 aromatic carbocycles. The number of methoxy groups -OCH3 is 1. The Morgan fingerprint density at radius 2 is 1.73 bits per heavy atom. The maximum Gasteiger partial charge on any atom is 0.340 e. The van der Waals surface area contributed by atoms with E-state index in [1.54, 1.807) is 0 Å². The lowest BCUT2D eigenvalue weighted by Crippen LogP contribution is -2.02. The summed E-state index contributed by atoms with van der Waals surface area (Å²) in [6.45, 7) is 0. The van der Waals surface area contributed by atoms with E-state index in [9.17, 15) is 18.0 Å². The molecule has 1 heterocycles.